The monoisotopic (exact) mass is 337 g/mol. The molecule has 25 heavy (non-hydrogen) atoms. The van der Waals surface area contributed by atoms with E-state index in [2.05, 4.69) is 9.97 Å². The van der Waals surface area contributed by atoms with Gasteiger partial charge in [0, 0.05) is 23.0 Å². The number of rotatable bonds is 5. The first-order valence-electron chi connectivity index (χ1n) is 7.63. The number of ether oxygens (including phenoxy) is 1. The Kier molecular flexibility index (Phi) is 4.70. The fraction of sp³-hybridized carbons (Fsp3) is 0.105. The summed E-state index contributed by atoms with van der Waals surface area (Å²) in [5.41, 5.74) is 8.55. The minimum Gasteiger partial charge on any atom is -0.487 e. The first-order chi connectivity index (χ1) is 12.0. The van der Waals surface area contributed by atoms with Gasteiger partial charge in [-0.15, -0.1) is 0 Å². The molecule has 0 aliphatic carbocycles. The number of amides is 1. The number of primary amides is 1. The molecule has 0 saturated carbocycles. The summed E-state index contributed by atoms with van der Waals surface area (Å²) < 4.78 is 19.0. The summed E-state index contributed by atoms with van der Waals surface area (Å²) in [7, 11) is 0. The van der Waals surface area contributed by atoms with Crippen molar-refractivity contribution in [2.75, 3.05) is 0 Å². The minimum absolute atomic E-state index is 0.115. The highest BCUT2D eigenvalue weighted by Gasteiger charge is 2.12. The zero-order chi connectivity index (χ0) is 17.8. The van der Waals surface area contributed by atoms with Crippen LogP contribution in [0.5, 0.6) is 5.75 Å². The molecule has 2 aromatic heterocycles. The van der Waals surface area contributed by atoms with Gasteiger partial charge >= 0.3 is 0 Å². The minimum atomic E-state index is -0.641. The number of aryl methyl sites for hydroxylation is 1. The first-order valence-corrected chi connectivity index (χ1v) is 7.63. The van der Waals surface area contributed by atoms with Crippen LogP contribution in [0, 0.1) is 12.7 Å². The number of aromatic nitrogens is 2. The van der Waals surface area contributed by atoms with E-state index in [4.69, 9.17) is 10.5 Å². The summed E-state index contributed by atoms with van der Waals surface area (Å²) >= 11 is 0. The van der Waals surface area contributed by atoms with Gasteiger partial charge in [-0.3, -0.25) is 9.78 Å². The molecule has 0 fully saturated rings. The van der Waals surface area contributed by atoms with E-state index in [1.807, 2.05) is 19.1 Å². The summed E-state index contributed by atoms with van der Waals surface area (Å²) in [5.74, 6) is -0.518. The van der Waals surface area contributed by atoms with Gasteiger partial charge in [-0.25, -0.2) is 9.37 Å². The van der Waals surface area contributed by atoms with Gasteiger partial charge in [-0.05, 0) is 36.8 Å². The van der Waals surface area contributed by atoms with Crippen LogP contribution in [0.1, 0.15) is 21.7 Å². The molecule has 1 amide bonds. The van der Waals surface area contributed by atoms with Crippen LogP contribution < -0.4 is 10.5 Å². The maximum atomic E-state index is 13.2. The number of pyridine rings is 2. The summed E-state index contributed by atoms with van der Waals surface area (Å²) in [6.07, 6.45) is 3.18. The molecular weight excluding hydrogens is 321 g/mol. The first kappa shape index (κ1) is 16.6. The predicted octanol–water partition coefficient (Wildman–Crippen LogP) is 3.27. The smallest absolute Gasteiger partial charge is 0.267 e. The second-order valence-electron chi connectivity index (χ2n) is 5.53. The lowest BCUT2D eigenvalue weighted by Gasteiger charge is -2.12. The van der Waals surface area contributed by atoms with Crippen LogP contribution in [-0.4, -0.2) is 15.9 Å². The van der Waals surface area contributed by atoms with Crippen molar-refractivity contribution in [1.82, 2.24) is 9.97 Å². The Morgan fingerprint density at radius 1 is 1.12 bits per heavy atom. The Bertz CT molecular complexity index is 894. The highest BCUT2D eigenvalue weighted by molar-refractivity contribution is 5.92. The van der Waals surface area contributed by atoms with Crippen LogP contribution in [0.2, 0.25) is 0 Å². The fourth-order valence-electron chi connectivity index (χ4n) is 2.29. The van der Waals surface area contributed by atoms with Crippen molar-refractivity contribution < 1.29 is 13.9 Å². The second-order valence-corrected chi connectivity index (χ2v) is 5.53. The third-order valence-corrected chi connectivity index (χ3v) is 3.64. The molecule has 0 unspecified atom stereocenters. The maximum absolute atomic E-state index is 13.2. The molecule has 5 nitrogen and oxygen atoms in total. The molecule has 0 aliphatic rings. The molecule has 3 rings (SSSR count). The molecule has 0 bridgehead atoms. The summed E-state index contributed by atoms with van der Waals surface area (Å²) in [5, 5.41) is 0. The van der Waals surface area contributed by atoms with Gasteiger partial charge in [0.25, 0.3) is 5.91 Å². The molecule has 1 aromatic carbocycles. The largest absolute Gasteiger partial charge is 0.487 e. The van der Waals surface area contributed by atoms with Crippen LogP contribution in [0.25, 0.3) is 11.1 Å². The third-order valence-electron chi connectivity index (χ3n) is 3.64. The Morgan fingerprint density at radius 2 is 1.88 bits per heavy atom. The number of hydrogen-bond donors (Lipinski definition) is 1. The van der Waals surface area contributed by atoms with E-state index in [0.717, 1.165) is 11.3 Å². The van der Waals surface area contributed by atoms with Gasteiger partial charge in [0.15, 0.2) is 0 Å². The fourth-order valence-corrected chi connectivity index (χ4v) is 2.29. The van der Waals surface area contributed by atoms with Gasteiger partial charge in [0.1, 0.15) is 23.9 Å². The van der Waals surface area contributed by atoms with E-state index in [0.29, 0.717) is 23.5 Å². The van der Waals surface area contributed by atoms with Crippen molar-refractivity contribution in [2.45, 2.75) is 13.5 Å². The maximum Gasteiger partial charge on any atom is 0.267 e. The Morgan fingerprint density at radius 3 is 2.52 bits per heavy atom. The average molecular weight is 337 g/mol. The molecule has 126 valence electrons. The number of halogens is 1. The number of carbonyl (C=O) groups excluding carboxylic acids is 1. The zero-order valence-electron chi connectivity index (χ0n) is 13.6. The summed E-state index contributed by atoms with van der Waals surface area (Å²) in [6, 6.07) is 11.3. The van der Waals surface area contributed by atoms with Crippen molar-refractivity contribution in [1.29, 1.82) is 0 Å². The van der Waals surface area contributed by atoms with E-state index in [1.165, 1.54) is 24.4 Å². The third kappa shape index (κ3) is 3.98. The SMILES string of the molecule is Cc1ccc(COc2cnc(C(N)=O)cc2-c2ccc(F)cc2)cn1. The Balaban J connectivity index is 1.93. The lowest BCUT2D eigenvalue weighted by atomic mass is 10.0. The van der Waals surface area contributed by atoms with Crippen LogP contribution >= 0.6 is 0 Å². The van der Waals surface area contributed by atoms with Gasteiger partial charge in [0.2, 0.25) is 0 Å². The highest BCUT2D eigenvalue weighted by atomic mass is 19.1. The van der Waals surface area contributed by atoms with Crippen molar-refractivity contribution in [3.63, 3.8) is 0 Å². The number of hydrogen-bond acceptors (Lipinski definition) is 4. The van der Waals surface area contributed by atoms with Crippen molar-refractivity contribution in [2.24, 2.45) is 5.73 Å². The molecule has 0 spiro atoms. The normalized spacial score (nSPS) is 10.5. The number of carbonyl (C=O) groups is 1. The Labute approximate surface area is 144 Å². The molecule has 2 N–H and O–H groups in total. The van der Waals surface area contributed by atoms with Crippen LogP contribution in [0.3, 0.4) is 0 Å². The van der Waals surface area contributed by atoms with E-state index in [-0.39, 0.29) is 11.5 Å². The molecule has 3 aromatic rings. The van der Waals surface area contributed by atoms with Crippen LogP contribution in [0.4, 0.5) is 4.39 Å². The van der Waals surface area contributed by atoms with Gasteiger partial charge in [0.05, 0.1) is 6.20 Å². The highest BCUT2D eigenvalue weighted by Crippen LogP contribution is 2.30. The van der Waals surface area contributed by atoms with E-state index in [1.54, 1.807) is 18.3 Å². The van der Waals surface area contributed by atoms with E-state index < -0.39 is 5.91 Å². The zero-order valence-corrected chi connectivity index (χ0v) is 13.6. The van der Waals surface area contributed by atoms with E-state index in [9.17, 15) is 9.18 Å². The lowest BCUT2D eigenvalue weighted by molar-refractivity contribution is 0.0995. The van der Waals surface area contributed by atoms with Gasteiger partial charge in [-0.1, -0.05) is 18.2 Å². The average Bonchev–Trinajstić information content (AvgIpc) is 2.62. The van der Waals surface area contributed by atoms with Crippen LogP contribution in [-0.2, 0) is 6.61 Å². The molecule has 2 heterocycles. The van der Waals surface area contributed by atoms with Crippen molar-refractivity contribution >= 4 is 5.91 Å². The summed E-state index contributed by atoms with van der Waals surface area (Å²) in [6.45, 7) is 2.20. The molecule has 0 saturated heterocycles. The standard InChI is InChI=1S/C19H16FN3O2/c1-12-2-3-13(9-22-12)11-25-18-10-23-17(19(21)24)8-16(18)14-4-6-15(20)7-5-14/h2-10H,11H2,1H3,(H2,21,24). The molecule has 0 aliphatic heterocycles. The second kappa shape index (κ2) is 7.09. The summed E-state index contributed by atoms with van der Waals surface area (Å²) in [4.78, 5) is 19.7. The molecule has 0 atom stereocenters. The number of benzene rings is 1. The lowest BCUT2D eigenvalue weighted by Crippen LogP contribution is -2.13. The quantitative estimate of drug-likeness (QED) is 0.775. The molecular formula is C19H16FN3O2. The van der Waals surface area contributed by atoms with Gasteiger partial charge < -0.3 is 10.5 Å². The number of nitrogens with two attached hydrogens (primary N) is 1. The van der Waals surface area contributed by atoms with Gasteiger partial charge in [-0.2, -0.15) is 0 Å². The van der Waals surface area contributed by atoms with Crippen molar-refractivity contribution in [3.05, 3.63) is 77.6 Å². The Hall–Kier alpha value is -3.28. The predicted molar refractivity (Wildman–Crippen MR) is 91.5 cm³/mol. The molecule has 6 heteroatoms. The van der Waals surface area contributed by atoms with Crippen molar-refractivity contribution in [3.8, 4) is 16.9 Å². The van der Waals surface area contributed by atoms with E-state index >= 15 is 0 Å². The molecule has 0 radical (unpaired) electrons. The topological polar surface area (TPSA) is 78.1 Å². The van der Waals surface area contributed by atoms with Crippen LogP contribution in [0.15, 0.2) is 54.9 Å². The number of nitrogens with zero attached hydrogens (tertiary/aromatic N) is 2.